The van der Waals surface area contributed by atoms with Gasteiger partial charge in [-0.1, -0.05) is 84.3 Å². The zero-order valence-corrected chi connectivity index (χ0v) is 18.9. The van der Waals surface area contributed by atoms with E-state index in [4.69, 9.17) is 11.5 Å². The van der Waals surface area contributed by atoms with Gasteiger partial charge >= 0.3 is 0 Å². The van der Waals surface area contributed by atoms with Crippen molar-refractivity contribution in [3.05, 3.63) is 106 Å². The highest BCUT2D eigenvalue weighted by atomic mass is 14.6. The Kier molecular flexibility index (Phi) is 5.73. The summed E-state index contributed by atoms with van der Waals surface area (Å²) in [6, 6.07) is 21.3. The molecule has 4 N–H and O–H groups in total. The lowest BCUT2D eigenvalue weighted by Gasteiger charge is -2.29. The third kappa shape index (κ3) is 4.44. The van der Waals surface area contributed by atoms with E-state index < -0.39 is 0 Å². The highest BCUT2D eigenvalue weighted by molar-refractivity contribution is 5.77. The summed E-state index contributed by atoms with van der Waals surface area (Å²) in [6.45, 7) is 8.83. The van der Waals surface area contributed by atoms with Gasteiger partial charge < -0.3 is 11.5 Å². The van der Waals surface area contributed by atoms with E-state index in [0.717, 1.165) is 23.4 Å². The van der Waals surface area contributed by atoms with Gasteiger partial charge in [0.15, 0.2) is 0 Å². The summed E-state index contributed by atoms with van der Waals surface area (Å²) in [5.41, 5.74) is 24.4. The molecule has 0 spiro atoms. The van der Waals surface area contributed by atoms with E-state index in [0.29, 0.717) is 11.8 Å². The van der Waals surface area contributed by atoms with Gasteiger partial charge in [-0.15, -0.1) is 0 Å². The number of nitrogens with two attached hydrogens (primary N) is 2. The molecular weight excluding hydrogens is 376 g/mol. The molecule has 0 aliphatic heterocycles. The first-order chi connectivity index (χ1) is 14.8. The van der Waals surface area contributed by atoms with Crippen molar-refractivity contribution >= 4 is 11.4 Å². The van der Waals surface area contributed by atoms with Gasteiger partial charge in [-0.05, 0) is 67.5 Å². The van der Waals surface area contributed by atoms with Crippen LogP contribution in [0, 0.1) is 12.8 Å². The maximum absolute atomic E-state index is 6.45. The molecule has 0 saturated heterocycles. The molecule has 3 aromatic rings. The van der Waals surface area contributed by atoms with Crippen molar-refractivity contribution in [2.24, 2.45) is 5.92 Å². The van der Waals surface area contributed by atoms with E-state index in [1.165, 1.54) is 39.0 Å². The Bertz CT molecular complexity index is 1180. The molecule has 3 aromatic carbocycles. The minimum absolute atomic E-state index is 0.334. The van der Waals surface area contributed by atoms with Gasteiger partial charge in [0.25, 0.3) is 0 Å². The first-order valence-corrected chi connectivity index (χ1v) is 11.0. The lowest BCUT2D eigenvalue weighted by molar-refractivity contribution is 0.602. The number of rotatable bonds is 4. The van der Waals surface area contributed by atoms with Crippen LogP contribution < -0.4 is 11.5 Å². The van der Waals surface area contributed by atoms with Crippen molar-refractivity contribution < 1.29 is 0 Å². The number of hydrogen-bond donors (Lipinski definition) is 2. The molecule has 2 nitrogen and oxygen atoms in total. The Hall–Kier alpha value is -3.26. The summed E-state index contributed by atoms with van der Waals surface area (Å²) in [7, 11) is 0. The standard InChI is InChI=1S/C29H32N2/c1-18-11-20(3)29(21(4)12-18)26-17-22(9-10-28(26)31)15-23-13-19(2)14-24(16-23)25-7-5-6-8-27(25)30/h5-14,16-17,20,29H,15,30-31H2,1-4H3. The molecule has 158 valence electrons. The number of allylic oxidation sites excluding steroid dienone is 4. The highest BCUT2D eigenvalue weighted by Gasteiger charge is 2.24. The SMILES string of the molecule is CC1=CC(C)C(c2cc(Cc3cc(C)cc(-c4ccccc4N)c3)ccc2N)C(C)=C1. The molecule has 31 heavy (non-hydrogen) atoms. The molecule has 1 aliphatic rings. The first-order valence-electron chi connectivity index (χ1n) is 11.0. The monoisotopic (exact) mass is 408 g/mol. The van der Waals surface area contributed by atoms with E-state index >= 15 is 0 Å². The van der Waals surface area contributed by atoms with E-state index in [1.807, 2.05) is 18.2 Å². The predicted molar refractivity (Wildman–Crippen MR) is 134 cm³/mol. The third-order valence-corrected chi connectivity index (χ3v) is 6.30. The zero-order chi connectivity index (χ0) is 22.1. The van der Waals surface area contributed by atoms with Gasteiger partial charge in [-0.25, -0.2) is 0 Å². The Morgan fingerprint density at radius 1 is 0.806 bits per heavy atom. The average molecular weight is 409 g/mol. The van der Waals surface area contributed by atoms with Crippen LogP contribution in [0.5, 0.6) is 0 Å². The van der Waals surface area contributed by atoms with Crippen molar-refractivity contribution in [1.29, 1.82) is 0 Å². The fourth-order valence-electron chi connectivity index (χ4n) is 5.07. The van der Waals surface area contributed by atoms with Crippen LogP contribution in [-0.4, -0.2) is 0 Å². The maximum Gasteiger partial charge on any atom is 0.0393 e. The van der Waals surface area contributed by atoms with Crippen LogP contribution in [0.1, 0.15) is 48.9 Å². The average Bonchev–Trinajstić information content (AvgIpc) is 2.69. The number of benzene rings is 3. The molecule has 2 atom stereocenters. The largest absolute Gasteiger partial charge is 0.398 e. The van der Waals surface area contributed by atoms with Crippen LogP contribution in [-0.2, 0) is 6.42 Å². The van der Waals surface area contributed by atoms with E-state index in [2.05, 4.69) is 82.3 Å². The van der Waals surface area contributed by atoms with Crippen molar-refractivity contribution in [3.8, 4) is 11.1 Å². The summed E-state index contributed by atoms with van der Waals surface area (Å²) in [4.78, 5) is 0. The highest BCUT2D eigenvalue weighted by Crippen LogP contribution is 2.40. The third-order valence-electron chi connectivity index (χ3n) is 6.30. The molecule has 0 bridgehead atoms. The van der Waals surface area contributed by atoms with Gasteiger partial charge in [-0.3, -0.25) is 0 Å². The Labute approximate surface area is 186 Å². The number of aryl methyl sites for hydroxylation is 1. The molecule has 2 unspecified atom stereocenters. The molecule has 0 heterocycles. The maximum atomic E-state index is 6.45. The second-order valence-electron chi connectivity index (χ2n) is 9.07. The Morgan fingerprint density at radius 2 is 1.58 bits per heavy atom. The van der Waals surface area contributed by atoms with Crippen LogP contribution in [0.3, 0.4) is 0 Å². The number of para-hydroxylation sites is 1. The van der Waals surface area contributed by atoms with E-state index in [1.54, 1.807) is 0 Å². The molecule has 0 amide bonds. The second-order valence-corrected chi connectivity index (χ2v) is 9.07. The zero-order valence-electron chi connectivity index (χ0n) is 18.9. The number of nitrogen functional groups attached to an aromatic ring is 2. The summed E-state index contributed by atoms with van der Waals surface area (Å²) in [5.74, 6) is 0.773. The normalized spacial score (nSPS) is 18.5. The molecule has 0 fully saturated rings. The fourth-order valence-corrected chi connectivity index (χ4v) is 5.07. The summed E-state index contributed by atoms with van der Waals surface area (Å²) >= 11 is 0. The van der Waals surface area contributed by atoms with Crippen LogP contribution in [0.2, 0.25) is 0 Å². The summed E-state index contributed by atoms with van der Waals surface area (Å²) in [6.07, 6.45) is 5.50. The molecule has 4 rings (SSSR count). The lowest BCUT2D eigenvalue weighted by atomic mass is 9.76. The molecule has 0 radical (unpaired) electrons. The van der Waals surface area contributed by atoms with Crippen LogP contribution >= 0.6 is 0 Å². The lowest BCUT2D eigenvalue weighted by Crippen LogP contribution is -2.15. The minimum atomic E-state index is 0.334. The van der Waals surface area contributed by atoms with Crippen molar-refractivity contribution in [1.82, 2.24) is 0 Å². The smallest absolute Gasteiger partial charge is 0.0393 e. The Morgan fingerprint density at radius 3 is 2.32 bits per heavy atom. The van der Waals surface area contributed by atoms with Gasteiger partial charge in [0.1, 0.15) is 0 Å². The van der Waals surface area contributed by atoms with Crippen LogP contribution in [0.4, 0.5) is 11.4 Å². The van der Waals surface area contributed by atoms with Gasteiger partial charge in [0, 0.05) is 22.9 Å². The van der Waals surface area contributed by atoms with E-state index in [9.17, 15) is 0 Å². The molecule has 0 saturated carbocycles. The fraction of sp³-hybridized carbons (Fsp3) is 0.241. The topological polar surface area (TPSA) is 52.0 Å². The summed E-state index contributed by atoms with van der Waals surface area (Å²) < 4.78 is 0. The number of anilines is 2. The molecule has 1 aliphatic carbocycles. The number of hydrogen-bond acceptors (Lipinski definition) is 2. The Balaban J connectivity index is 1.68. The first kappa shape index (κ1) is 21.0. The van der Waals surface area contributed by atoms with Crippen molar-refractivity contribution in [3.63, 3.8) is 0 Å². The van der Waals surface area contributed by atoms with Crippen molar-refractivity contribution in [2.45, 2.75) is 40.0 Å². The second kappa shape index (κ2) is 8.47. The van der Waals surface area contributed by atoms with Gasteiger partial charge in [0.05, 0.1) is 0 Å². The summed E-state index contributed by atoms with van der Waals surface area (Å²) in [5, 5.41) is 0. The van der Waals surface area contributed by atoms with E-state index in [-0.39, 0.29) is 0 Å². The van der Waals surface area contributed by atoms with Crippen LogP contribution in [0.25, 0.3) is 11.1 Å². The molecule has 0 aromatic heterocycles. The predicted octanol–water partition coefficient (Wildman–Crippen LogP) is 7.04. The van der Waals surface area contributed by atoms with Crippen molar-refractivity contribution in [2.75, 3.05) is 11.5 Å². The molecular formula is C29H32N2. The minimum Gasteiger partial charge on any atom is -0.398 e. The van der Waals surface area contributed by atoms with Gasteiger partial charge in [-0.2, -0.15) is 0 Å². The quantitative estimate of drug-likeness (QED) is 0.455. The van der Waals surface area contributed by atoms with Crippen LogP contribution in [0.15, 0.2) is 84.0 Å². The molecule has 2 heteroatoms. The van der Waals surface area contributed by atoms with Gasteiger partial charge in [0.2, 0.25) is 0 Å².